The zero-order chi connectivity index (χ0) is 12.0. The summed E-state index contributed by atoms with van der Waals surface area (Å²) in [4.78, 5) is 0. The number of rotatable bonds is 6. The van der Waals surface area contributed by atoms with Crippen LogP contribution in [0.5, 0.6) is 0 Å². The maximum atomic E-state index is 10.7. The monoisotopic (exact) mass is 306 g/mol. The lowest BCUT2D eigenvalue weighted by molar-refractivity contribution is -0.667. The number of quaternary nitrogens is 1. The molecule has 0 fully saturated rings. The zero-order valence-corrected chi connectivity index (χ0v) is 11.5. The van der Waals surface area contributed by atoms with Crippen molar-refractivity contribution in [2.45, 2.75) is 6.54 Å². The van der Waals surface area contributed by atoms with Gasteiger partial charge in [0.2, 0.25) is 0 Å². The fraction of sp³-hybridized carbons (Fsp3) is 0.400. The second kappa shape index (κ2) is 6.34. The molecular formula is C10H15BrN2O2S. The quantitative estimate of drug-likeness (QED) is 0.792. The van der Waals surface area contributed by atoms with Gasteiger partial charge in [0.25, 0.3) is 0 Å². The van der Waals surface area contributed by atoms with Crippen molar-refractivity contribution in [3.63, 3.8) is 0 Å². The summed E-state index contributed by atoms with van der Waals surface area (Å²) in [5, 5.41) is 2.04. The van der Waals surface area contributed by atoms with Crippen molar-refractivity contribution >= 4 is 26.0 Å². The van der Waals surface area contributed by atoms with Crippen LogP contribution in [0.2, 0.25) is 0 Å². The van der Waals surface area contributed by atoms with Gasteiger partial charge in [0, 0.05) is 16.3 Å². The van der Waals surface area contributed by atoms with E-state index in [1.165, 1.54) is 5.56 Å². The average molecular weight is 307 g/mol. The van der Waals surface area contributed by atoms with Crippen molar-refractivity contribution in [2.24, 2.45) is 0 Å². The van der Waals surface area contributed by atoms with Gasteiger partial charge in [-0.25, -0.2) is 8.42 Å². The first-order chi connectivity index (χ1) is 7.47. The maximum Gasteiger partial charge on any atom is 0.101 e. The number of hydrogen-bond acceptors (Lipinski definition) is 2. The Labute approximate surface area is 105 Å². The first-order valence-electron chi connectivity index (χ1n) is 4.92. The second-order valence-corrected chi connectivity index (χ2v) is 6.14. The van der Waals surface area contributed by atoms with E-state index in [0.717, 1.165) is 17.3 Å². The fourth-order valence-electron chi connectivity index (χ4n) is 1.24. The Morgan fingerprint density at radius 1 is 1.44 bits per heavy atom. The van der Waals surface area contributed by atoms with Crippen LogP contribution < -0.4 is 5.32 Å². The Hall–Kier alpha value is -0.430. The Morgan fingerprint density at radius 3 is 2.81 bits per heavy atom. The van der Waals surface area contributed by atoms with Crippen LogP contribution in [0.15, 0.2) is 28.7 Å². The molecule has 16 heavy (non-hydrogen) atoms. The molecule has 1 rings (SSSR count). The van der Waals surface area contributed by atoms with Crippen LogP contribution in [0.1, 0.15) is 5.56 Å². The third-order valence-corrected chi connectivity index (χ3v) is 3.07. The van der Waals surface area contributed by atoms with E-state index >= 15 is 0 Å². The maximum absolute atomic E-state index is 10.7. The molecule has 0 amide bonds. The fourth-order valence-corrected chi connectivity index (χ4v) is 2.13. The van der Waals surface area contributed by atoms with E-state index in [1.807, 2.05) is 29.6 Å². The highest BCUT2D eigenvalue weighted by Crippen LogP contribution is 2.10. The number of nitrogens with zero attached hydrogens (tertiary/aromatic N) is 1. The summed E-state index contributed by atoms with van der Waals surface area (Å²) >= 11 is 3.40. The molecule has 0 heterocycles. The number of halogens is 1. The molecule has 0 unspecified atom stereocenters. The topological polar surface area (TPSA) is 64.8 Å². The van der Waals surface area contributed by atoms with Crippen LogP contribution >= 0.6 is 15.9 Å². The lowest BCUT2D eigenvalue weighted by Gasteiger charge is -2.14. The molecule has 0 aliphatic rings. The molecule has 0 aliphatic carbocycles. The first kappa shape index (κ1) is 13.6. The van der Waals surface area contributed by atoms with Crippen LogP contribution in [0.4, 0.5) is 0 Å². The predicted molar refractivity (Wildman–Crippen MR) is 67.7 cm³/mol. The molecule has 0 saturated carbocycles. The second-order valence-electron chi connectivity index (χ2n) is 3.50. The Balaban J connectivity index is 2.21. The molecule has 1 aromatic rings. The van der Waals surface area contributed by atoms with Crippen molar-refractivity contribution in [1.82, 2.24) is 0 Å². The molecule has 0 aromatic heterocycles. The van der Waals surface area contributed by atoms with E-state index in [9.17, 15) is 8.42 Å². The van der Waals surface area contributed by atoms with Gasteiger partial charge in [-0.3, -0.25) is 0 Å². The third-order valence-electron chi connectivity index (χ3n) is 1.93. The molecule has 0 aliphatic heterocycles. The molecule has 0 atom stereocenters. The van der Waals surface area contributed by atoms with Gasteiger partial charge in [0.15, 0.2) is 0 Å². The summed E-state index contributed by atoms with van der Waals surface area (Å²) in [5.41, 5.74) is 1.20. The molecule has 0 saturated heterocycles. The minimum Gasteiger partial charge on any atom is -0.545 e. The minimum atomic E-state index is -3.18. The molecule has 0 bridgehead atoms. The van der Waals surface area contributed by atoms with Crippen molar-refractivity contribution in [3.05, 3.63) is 39.0 Å². The largest absolute Gasteiger partial charge is 0.545 e. The number of sulfonamides is 1. The van der Waals surface area contributed by atoms with E-state index in [1.54, 1.807) is 0 Å². The Morgan fingerprint density at radius 2 is 2.19 bits per heavy atom. The zero-order valence-electron chi connectivity index (χ0n) is 9.06. The summed E-state index contributed by atoms with van der Waals surface area (Å²) < 4.78 is 26.0. The van der Waals surface area contributed by atoms with Gasteiger partial charge in [-0.1, -0.05) is 34.6 Å². The lowest BCUT2D eigenvalue weighted by Crippen LogP contribution is -2.83. The molecule has 90 valence electrons. The van der Waals surface area contributed by atoms with Crippen LogP contribution in [-0.4, -0.2) is 27.8 Å². The highest BCUT2D eigenvalue weighted by atomic mass is 79.9. The highest BCUT2D eigenvalue weighted by molar-refractivity contribution is 9.10. The van der Waals surface area contributed by atoms with Crippen molar-refractivity contribution in [3.8, 4) is 0 Å². The Kier molecular flexibility index (Phi) is 5.40. The lowest BCUT2D eigenvalue weighted by atomic mass is 10.2. The van der Waals surface area contributed by atoms with E-state index in [-0.39, 0.29) is 0 Å². The van der Waals surface area contributed by atoms with Crippen molar-refractivity contribution in [1.29, 1.82) is 0 Å². The van der Waals surface area contributed by atoms with Gasteiger partial charge in [0.05, 0.1) is 16.6 Å². The molecule has 2 N–H and O–H groups in total. The van der Waals surface area contributed by atoms with Gasteiger partial charge in [-0.15, -0.1) is 0 Å². The number of nitrogens with two attached hydrogens (primary N) is 1. The highest BCUT2D eigenvalue weighted by Gasteiger charge is 1.95. The third kappa shape index (κ3) is 6.22. The molecule has 0 radical (unpaired) electrons. The molecular weight excluding hydrogens is 292 g/mol. The van der Waals surface area contributed by atoms with Gasteiger partial charge in [-0.05, 0) is 12.1 Å². The van der Waals surface area contributed by atoms with Crippen LogP contribution in [0.25, 0.3) is 4.72 Å². The van der Waals surface area contributed by atoms with Crippen molar-refractivity contribution in [2.75, 3.05) is 19.3 Å². The van der Waals surface area contributed by atoms with Gasteiger partial charge < -0.3 is 10.0 Å². The van der Waals surface area contributed by atoms with E-state index in [2.05, 4.69) is 20.7 Å². The summed E-state index contributed by atoms with van der Waals surface area (Å²) in [7, 11) is -3.18. The normalized spacial score (nSPS) is 11.6. The number of hydrogen-bond donors (Lipinski definition) is 1. The van der Waals surface area contributed by atoms with Gasteiger partial charge in [0.1, 0.15) is 6.54 Å². The van der Waals surface area contributed by atoms with Crippen molar-refractivity contribution < 1.29 is 13.7 Å². The molecule has 6 heteroatoms. The number of benzene rings is 1. The summed E-state index contributed by atoms with van der Waals surface area (Å²) in [6.45, 7) is 1.85. The van der Waals surface area contributed by atoms with E-state index in [0.29, 0.717) is 13.1 Å². The van der Waals surface area contributed by atoms with Crippen LogP contribution in [0.3, 0.4) is 0 Å². The SMILES string of the molecule is CS(=O)(=O)[N-]CC[NH2+]Cc1cccc(Br)c1. The minimum absolute atomic E-state index is 0.340. The van der Waals surface area contributed by atoms with Gasteiger partial charge >= 0.3 is 0 Å². The molecule has 1 aromatic carbocycles. The summed E-state index contributed by atoms with van der Waals surface area (Å²) in [5.74, 6) is 0. The first-order valence-corrected chi connectivity index (χ1v) is 7.56. The summed E-state index contributed by atoms with van der Waals surface area (Å²) in [6, 6.07) is 8.04. The molecule has 4 nitrogen and oxygen atoms in total. The Bertz CT molecular complexity index is 434. The van der Waals surface area contributed by atoms with E-state index < -0.39 is 10.0 Å². The smallest absolute Gasteiger partial charge is 0.101 e. The molecule has 0 spiro atoms. The van der Waals surface area contributed by atoms with Gasteiger partial charge in [-0.2, -0.15) is 0 Å². The van der Waals surface area contributed by atoms with E-state index in [4.69, 9.17) is 0 Å². The van der Waals surface area contributed by atoms with Crippen LogP contribution in [0, 0.1) is 0 Å². The van der Waals surface area contributed by atoms with Crippen LogP contribution in [-0.2, 0) is 16.6 Å². The summed E-state index contributed by atoms with van der Waals surface area (Å²) in [6.07, 6.45) is 1.11. The standard InChI is InChI=1S/C10H14BrN2O2S/c1-16(14,15)13-6-5-12-8-9-3-2-4-10(11)7-9/h2-4,7,12H,5-6,8H2,1H3/q-1/p+1. The predicted octanol–water partition coefficient (Wildman–Crippen LogP) is 0.846. The average Bonchev–Trinajstić information content (AvgIpc) is 2.15.